The molecule has 1 aromatic carbocycles. The quantitative estimate of drug-likeness (QED) is 0.411. The Morgan fingerprint density at radius 2 is 1.97 bits per heavy atom. The number of thiazole rings is 1. The van der Waals surface area contributed by atoms with Crippen LogP contribution >= 0.6 is 11.3 Å². The average Bonchev–Trinajstić information content (AvgIpc) is 3.26. The van der Waals surface area contributed by atoms with E-state index in [1.807, 2.05) is 30.5 Å². The first kappa shape index (κ1) is 23.6. The second kappa shape index (κ2) is 11.5. The highest BCUT2D eigenvalue weighted by Crippen LogP contribution is 2.25. The zero-order chi connectivity index (χ0) is 23.0. The number of unbranched alkanes of at least 4 members (excludes halogenated alkanes) is 1. The van der Waals surface area contributed by atoms with E-state index in [1.54, 1.807) is 6.20 Å². The summed E-state index contributed by atoms with van der Waals surface area (Å²) >= 11 is 1.45. The van der Waals surface area contributed by atoms with Crippen LogP contribution in [0.15, 0.2) is 48.0 Å². The van der Waals surface area contributed by atoms with E-state index < -0.39 is 0 Å². The molecule has 33 heavy (non-hydrogen) atoms. The minimum absolute atomic E-state index is 0.0294. The molecule has 1 aliphatic heterocycles. The van der Waals surface area contributed by atoms with Gasteiger partial charge < -0.3 is 10.2 Å². The van der Waals surface area contributed by atoms with Gasteiger partial charge in [0.2, 0.25) is 5.91 Å². The fourth-order valence-corrected chi connectivity index (χ4v) is 5.10. The topological polar surface area (TPSA) is 58.1 Å². The number of rotatable bonds is 9. The number of aromatic nitrogens is 2. The fraction of sp³-hybridized carbons (Fsp3) is 0.444. The van der Waals surface area contributed by atoms with Crippen molar-refractivity contribution in [2.45, 2.75) is 52.4 Å². The Labute approximate surface area is 201 Å². The smallest absolute Gasteiger partial charge is 0.230 e. The molecule has 0 unspecified atom stereocenters. The number of carbonyl (C=O) groups excluding carboxylic acids is 1. The SMILES string of the molecule is Cc1cc(-c2csc(NC(=O)Cc3cccc(CCCCN4CCC(C)CC4)c3)n2)ccn1. The van der Waals surface area contributed by atoms with Gasteiger partial charge in [-0.15, -0.1) is 11.3 Å². The standard InChI is InChI=1S/C27H34N4OS/c1-20-10-14-31(15-11-20)13-4-3-6-22-7-5-8-23(17-22)18-26(32)30-27-29-25(19-33-27)24-9-12-28-21(2)16-24/h5,7-9,12,16-17,19-20H,3-4,6,10-11,13-15,18H2,1-2H3,(H,29,30,32). The van der Waals surface area contributed by atoms with E-state index in [-0.39, 0.29) is 5.91 Å². The Hall–Kier alpha value is -2.57. The van der Waals surface area contributed by atoms with E-state index >= 15 is 0 Å². The van der Waals surface area contributed by atoms with Gasteiger partial charge in [0.25, 0.3) is 0 Å². The number of hydrogen-bond acceptors (Lipinski definition) is 5. The van der Waals surface area contributed by atoms with Crippen LogP contribution in [0.5, 0.6) is 0 Å². The Morgan fingerprint density at radius 1 is 1.15 bits per heavy atom. The molecule has 174 valence electrons. The second-order valence-electron chi connectivity index (χ2n) is 9.25. The summed E-state index contributed by atoms with van der Waals surface area (Å²) in [6.45, 7) is 8.05. The first-order chi connectivity index (χ1) is 16.0. The maximum absolute atomic E-state index is 12.6. The fourth-order valence-electron chi connectivity index (χ4n) is 4.36. The van der Waals surface area contributed by atoms with Crippen molar-refractivity contribution in [1.82, 2.24) is 14.9 Å². The molecule has 1 aliphatic rings. The number of amides is 1. The zero-order valence-electron chi connectivity index (χ0n) is 19.7. The summed E-state index contributed by atoms with van der Waals surface area (Å²) in [6, 6.07) is 12.4. The lowest BCUT2D eigenvalue weighted by Gasteiger charge is -2.30. The third-order valence-corrected chi connectivity index (χ3v) is 7.12. The molecule has 6 heteroatoms. The number of aryl methyl sites for hydroxylation is 2. The molecule has 3 aromatic rings. The lowest BCUT2D eigenvalue weighted by Crippen LogP contribution is -2.33. The first-order valence-corrected chi connectivity index (χ1v) is 12.9. The van der Waals surface area contributed by atoms with Gasteiger partial charge in [-0.05, 0) is 87.8 Å². The van der Waals surface area contributed by atoms with Crippen molar-refractivity contribution in [3.05, 3.63) is 64.8 Å². The molecular weight excluding hydrogens is 428 g/mol. The number of nitrogens with one attached hydrogen (secondary N) is 1. The van der Waals surface area contributed by atoms with Gasteiger partial charge in [-0.3, -0.25) is 9.78 Å². The predicted octanol–water partition coefficient (Wildman–Crippen LogP) is 5.75. The third-order valence-electron chi connectivity index (χ3n) is 6.37. The summed E-state index contributed by atoms with van der Waals surface area (Å²) in [5.41, 5.74) is 5.20. The molecule has 1 amide bonds. The number of anilines is 1. The lowest BCUT2D eigenvalue weighted by molar-refractivity contribution is -0.115. The van der Waals surface area contributed by atoms with Gasteiger partial charge in [0, 0.05) is 22.8 Å². The van der Waals surface area contributed by atoms with Crippen LogP contribution in [0.3, 0.4) is 0 Å². The molecule has 0 atom stereocenters. The zero-order valence-corrected chi connectivity index (χ0v) is 20.5. The Kier molecular flexibility index (Phi) is 8.24. The van der Waals surface area contributed by atoms with E-state index in [4.69, 9.17) is 0 Å². The van der Waals surface area contributed by atoms with E-state index in [0.717, 1.165) is 34.9 Å². The highest BCUT2D eigenvalue weighted by atomic mass is 32.1. The van der Waals surface area contributed by atoms with Gasteiger partial charge >= 0.3 is 0 Å². The number of benzene rings is 1. The molecule has 2 aromatic heterocycles. The van der Waals surface area contributed by atoms with Crippen LogP contribution in [0.4, 0.5) is 5.13 Å². The van der Waals surface area contributed by atoms with Crippen LogP contribution in [-0.4, -0.2) is 40.4 Å². The van der Waals surface area contributed by atoms with Crippen LogP contribution in [-0.2, 0) is 17.6 Å². The van der Waals surface area contributed by atoms with Crippen molar-refractivity contribution in [1.29, 1.82) is 0 Å². The van der Waals surface area contributed by atoms with E-state index in [1.165, 1.54) is 62.2 Å². The van der Waals surface area contributed by atoms with Crippen LogP contribution in [0.2, 0.25) is 0 Å². The molecule has 0 aliphatic carbocycles. The van der Waals surface area contributed by atoms with Gasteiger partial charge in [0.05, 0.1) is 12.1 Å². The van der Waals surface area contributed by atoms with Gasteiger partial charge in [0.1, 0.15) is 0 Å². The van der Waals surface area contributed by atoms with E-state index in [9.17, 15) is 4.79 Å². The van der Waals surface area contributed by atoms with Crippen molar-refractivity contribution in [2.24, 2.45) is 5.92 Å². The van der Waals surface area contributed by atoms with Crippen molar-refractivity contribution in [2.75, 3.05) is 25.0 Å². The Morgan fingerprint density at radius 3 is 2.79 bits per heavy atom. The normalized spacial score (nSPS) is 15.0. The summed E-state index contributed by atoms with van der Waals surface area (Å²) in [5.74, 6) is 0.864. The molecule has 5 nitrogen and oxygen atoms in total. The molecule has 0 radical (unpaired) electrons. The summed E-state index contributed by atoms with van der Waals surface area (Å²) < 4.78 is 0. The highest BCUT2D eigenvalue weighted by molar-refractivity contribution is 7.14. The number of nitrogens with zero attached hydrogens (tertiary/aromatic N) is 3. The van der Waals surface area contributed by atoms with Gasteiger partial charge in [-0.1, -0.05) is 31.2 Å². The number of piperidine rings is 1. The minimum atomic E-state index is -0.0294. The summed E-state index contributed by atoms with van der Waals surface area (Å²) in [4.78, 5) is 24.0. The number of likely N-dealkylation sites (tertiary alicyclic amines) is 1. The molecule has 0 bridgehead atoms. The highest BCUT2D eigenvalue weighted by Gasteiger charge is 2.15. The molecule has 4 rings (SSSR count). The van der Waals surface area contributed by atoms with Crippen molar-refractivity contribution in [3.63, 3.8) is 0 Å². The molecule has 1 N–H and O–H groups in total. The van der Waals surface area contributed by atoms with Crippen molar-refractivity contribution >= 4 is 22.4 Å². The number of pyridine rings is 1. The average molecular weight is 463 g/mol. The van der Waals surface area contributed by atoms with Crippen molar-refractivity contribution < 1.29 is 4.79 Å². The molecule has 3 heterocycles. The van der Waals surface area contributed by atoms with Crippen molar-refractivity contribution in [3.8, 4) is 11.3 Å². The van der Waals surface area contributed by atoms with Gasteiger partial charge in [-0.25, -0.2) is 4.98 Å². The lowest BCUT2D eigenvalue weighted by atomic mass is 9.99. The largest absolute Gasteiger partial charge is 0.303 e. The summed E-state index contributed by atoms with van der Waals surface area (Å²) in [6.07, 6.45) is 8.33. The summed E-state index contributed by atoms with van der Waals surface area (Å²) in [5, 5.41) is 5.55. The van der Waals surface area contributed by atoms with E-state index in [0.29, 0.717) is 11.6 Å². The monoisotopic (exact) mass is 462 g/mol. The third kappa shape index (κ3) is 7.21. The van der Waals surface area contributed by atoms with Gasteiger partial charge in [-0.2, -0.15) is 0 Å². The summed E-state index contributed by atoms with van der Waals surface area (Å²) in [7, 11) is 0. The van der Waals surface area contributed by atoms with Crippen LogP contribution in [0, 0.1) is 12.8 Å². The number of hydrogen-bond donors (Lipinski definition) is 1. The molecule has 1 fully saturated rings. The van der Waals surface area contributed by atoms with Crippen LogP contribution in [0.1, 0.15) is 49.4 Å². The predicted molar refractivity (Wildman–Crippen MR) is 137 cm³/mol. The maximum Gasteiger partial charge on any atom is 0.230 e. The van der Waals surface area contributed by atoms with E-state index in [2.05, 4.69) is 45.3 Å². The maximum atomic E-state index is 12.6. The Balaban J connectivity index is 1.23. The second-order valence-corrected chi connectivity index (χ2v) is 10.1. The molecular formula is C27H34N4OS. The number of carbonyl (C=O) groups is 1. The molecule has 0 saturated carbocycles. The Bertz CT molecular complexity index is 1060. The van der Waals surface area contributed by atoms with Crippen LogP contribution < -0.4 is 5.32 Å². The van der Waals surface area contributed by atoms with Crippen LogP contribution in [0.25, 0.3) is 11.3 Å². The minimum Gasteiger partial charge on any atom is -0.303 e. The first-order valence-electron chi connectivity index (χ1n) is 12.0. The molecule has 1 saturated heterocycles. The van der Waals surface area contributed by atoms with Gasteiger partial charge in [0.15, 0.2) is 5.13 Å². The molecule has 0 spiro atoms.